The Balaban J connectivity index is 2.13. The van der Waals surface area contributed by atoms with Crippen LogP contribution in [-0.4, -0.2) is 9.97 Å². The number of rotatable bonds is 1. The van der Waals surface area contributed by atoms with Crippen LogP contribution < -0.4 is 0 Å². The van der Waals surface area contributed by atoms with Crippen LogP contribution in [0.1, 0.15) is 23.2 Å². The number of halogens is 1. The molecule has 0 amide bonds. The third-order valence-corrected chi connectivity index (χ3v) is 3.47. The normalized spacial score (nSPS) is 13.8. The number of hydrogen-bond acceptors (Lipinski definition) is 2. The maximum atomic E-state index is 6.21. The summed E-state index contributed by atoms with van der Waals surface area (Å²) in [6.45, 7) is 2.07. The minimum atomic E-state index is 0.629. The zero-order valence-electron chi connectivity index (χ0n) is 9.70. The molecule has 1 aliphatic carbocycles. The van der Waals surface area contributed by atoms with Crippen molar-refractivity contribution in [3.63, 3.8) is 0 Å². The first-order valence-electron chi connectivity index (χ1n) is 5.86. The molecule has 0 bridgehead atoms. The molecule has 1 heterocycles. The van der Waals surface area contributed by atoms with E-state index in [0.717, 1.165) is 41.9 Å². The predicted octanol–water partition coefficient (Wildman–Crippen LogP) is 3.59. The lowest BCUT2D eigenvalue weighted by atomic mass is 10.1. The Kier molecular flexibility index (Phi) is 2.60. The largest absolute Gasteiger partial charge is 0.233 e. The van der Waals surface area contributed by atoms with Gasteiger partial charge in [-0.1, -0.05) is 35.4 Å². The Morgan fingerprint density at radius 2 is 2.06 bits per heavy atom. The second kappa shape index (κ2) is 4.11. The summed E-state index contributed by atoms with van der Waals surface area (Å²) in [6.07, 6.45) is 3.18. The second-order valence-corrected chi connectivity index (χ2v) is 4.84. The zero-order chi connectivity index (χ0) is 11.8. The van der Waals surface area contributed by atoms with Crippen molar-refractivity contribution in [2.24, 2.45) is 0 Å². The maximum Gasteiger partial charge on any atom is 0.161 e. The lowest BCUT2D eigenvalue weighted by molar-refractivity contribution is 0.900. The van der Waals surface area contributed by atoms with E-state index in [1.807, 2.05) is 12.1 Å². The summed E-state index contributed by atoms with van der Waals surface area (Å²) in [4.78, 5) is 9.04. The van der Waals surface area contributed by atoms with Crippen molar-refractivity contribution in [1.29, 1.82) is 0 Å². The summed E-state index contributed by atoms with van der Waals surface area (Å²) in [6, 6.07) is 8.21. The third kappa shape index (κ3) is 1.93. The number of nitrogens with zero attached hydrogens (tertiary/aromatic N) is 2. The van der Waals surface area contributed by atoms with Crippen LogP contribution >= 0.6 is 11.6 Å². The molecule has 0 saturated heterocycles. The van der Waals surface area contributed by atoms with E-state index in [0.29, 0.717) is 5.15 Å². The van der Waals surface area contributed by atoms with Gasteiger partial charge in [0.25, 0.3) is 0 Å². The van der Waals surface area contributed by atoms with E-state index in [1.165, 1.54) is 5.56 Å². The van der Waals surface area contributed by atoms with E-state index in [-0.39, 0.29) is 0 Å². The van der Waals surface area contributed by atoms with Crippen LogP contribution in [0.3, 0.4) is 0 Å². The summed E-state index contributed by atoms with van der Waals surface area (Å²) in [7, 11) is 0. The van der Waals surface area contributed by atoms with Gasteiger partial charge in [0.05, 0.1) is 0 Å². The molecule has 0 fully saturated rings. The molecule has 2 aromatic rings. The van der Waals surface area contributed by atoms with Gasteiger partial charge < -0.3 is 0 Å². The molecule has 2 nitrogen and oxygen atoms in total. The Morgan fingerprint density at radius 3 is 2.88 bits per heavy atom. The lowest BCUT2D eigenvalue weighted by Gasteiger charge is -2.06. The first-order valence-corrected chi connectivity index (χ1v) is 6.24. The van der Waals surface area contributed by atoms with Crippen molar-refractivity contribution >= 4 is 11.6 Å². The van der Waals surface area contributed by atoms with Crippen LogP contribution in [-0.2, 0) is 12.8 Å². The molecule has 0 spiro atoms. The molecule has 3 heteroatoms. The molecule has 0 N–H and O–H groups in total. The van der Waals surface area contributed by atoms with Gasteiger partial charge in [-0.2, -0.15) is 0 Å². The van der Waals surface area contributed by atoms with Gasteiger partial charge in [0, 0.05) is 16.8 Å². The van der Waals surface area contributed by atoms with Crippen LogP contribution in [0.2, 0.25) is 5.15 Å². The van der Waals surface area contributed by atoms with Crippen molar-refractivity contribution in [2.75, 3.05) is 0 Å². The molecule has 0 saturated carbocycles. The summed E-state index contributed by atoms with van der Waals surface area (Å²) in [5.41, 5.74) is 4.52. The monoisotopic (exact) mass is 244 g/mol. The summed E-state index contributed by atoms with van der Waals surface area (Å²) >= 11 is 6.21. The van der Waals surface area contributed by atoms with Crippen molar-refractivity contribution in [3.8, 4) is 11.4 Å². The van der Waals surface area contributed by atoms with Gasteiger partial charge in [0.1, 0.15) is 5.15 Å². The Bertz CT molecular complexity index is 578. The predicted molar refractivity (Wildman–Crippen MR) is 69.2 cm³/mol. The van der Waals surface area contributed by atoms with Crippen LogP contribution in [0.4, 0.5) is 0 Å². The molecular formula is C14H13ClN2. The topological polar surface area (TPSA) is 25.8 Å². The highest BCUT2D eigenvalue weighted by Gasteiger charge is 2.18. The SMILES string of the molecule is Cc1cccc(-c2nc(Cl)c3c(n2)CCC3)c1. The van der Waals surface area contributed by atoms with E-state index in [1.54, 1.807) is 0 Å². The van der Waals surface area contributed by atoms with Crippen molar-refractivity contribution < 1.29 is 0 Å². The zero-order valence-corrected chi connectivity index (χ0v) is 10.5. The van der Waals surface area contributed by atoms with Gasteiger partial charge in [-0.15, -0.1) is 0 Å². The fourth-order valence-corrected chi connectivity index (χ4v) is 2.58. The summed E-state index contributed by atoms with van der Waals surface area (Å²) < 4.78 is 0. The average Bonchev–Trinajstić information content (AvgIpc) is 2.77. The Hall–Kier alpha value is -1.41. The summed E-state index contributed by atoms with van der Waals surface area (Å²) in [5, 5.41) is 0.629. The highest BCUT2D eigenvalue weighted by molar-refractivity contribution is 6.30. The van der Waals surface area contributed by atoms with E-state index >= 15 is 0 Å². The molecule has 0 atom stereocenters. The van der Waals surface area contributed by atoms with Crippen molar-refractivity contribution in [1.82, 2.24) is 9.97 Å². The highest BCUT2D eigenvalue weighted by atomic mass is 35.5. The molecule has 86 valence electrons. The first kappa shape index (κ1) is 10.7. The van der Waals surface area contributed by atoms with E-state index in [9.17, 15) is 0 Å². The smallest absolute Gasteiger partial charge is 0.161 e. The fraction of sp³-hybridized carbons (Fsp3) is 0.286. The lowest BCUT2D eigenvalue weighted by Crippen LogP contribution is -1.97. The standard InChI is InChI=1S/C14H13ClN2/c1-9-4-2-5-10(8-9)14-16-12-7-3-6-11(12)13(15)17-14/h2,4-5,8H,3,6-7H2,1H3. The molecular weight excluding hydrogens is 232 g/mol. The van der Waals surface area contributed by atoms with Gasteiger partial charge in [0.2, 0.25) is 0 Å². The minimum absolute atomic E-state index is 0.629. The second-order valence-electron chi connectivity index (χ2n) is 4.49. The minimum Gasteiger partial charge on any atom is -0.233 e. The van der Waals surface area contributed by atoms with Crippen LogP contribution in [0.5, 0.6) is 0 Å². The molecule has 3 rings (SSSR count). The third-order valence-electron chi connectivity index (χ3n) is 3.16. The Labute approximate surface area is 106 Å². The average molecular weight is 245 g/mol. The van der Waals surface area contributed by atoms with Crippen molar-refractivity contribution in [2.45, 2.75) is 26.2 Å². The van der Waals surface area contributed by atoms with Gasteiger partial charge in [-0.05, 0) is 32.3 Å². The Morgan fingerprint density at radius 1 is 1.18 bits per heavy atom. The molecule has 0 radical (unpaired) electrons. The highest BCUT2D eigenvalue weighted by Crippen LogP contribution is 2.28. The number of hydrogen-bond donors (Lipinski definition) is 0. The van der Waals surface area contributed by atoms with Crippen LogP contribution in [0.15, 0.2) is 24.3 Å². The molecule has 17 heavy (non-hydrogen) atoms. The number of benzene rings is 1. The molecule has 0 aliphatic heterocycles. The van der Waals surface area contributed by atoms with Gasteiger partial charge >= 0.3 is 0 Å². The van der Waals surface area contributed by atoms with Gasteiger partial charge in [-0.25, -0.2) is 9.97 Å². The van der Waals surface area contributed by atoms with Crippen LogP contribution in [0, 0.1) is 6.92 Å². The first-order chi connectivity index (χ1) is 8.24. The van der Waals surface area contributed by atoms with E-state index in [2.05, 4.69) is 29.0 Å². The number of aromatic nitrogens is 2. The van der Waals surface area contributed by atoms with E-state index in [4.69, 9.17) is 11.6 Å². The van der Waals surface area contributed by atoms with Crippen LogP contribution in [0.25, 0.3) is 11.4 Å². The van der Waals surface area contributed by atoms with Crippen molar-refractivity contribution in [3.05, 3.63) is 46.2 Å². The maximum absolute atomic E-state index is 6.21. The molecule has 1 aromatic carbocycles. The molecule has 1 aliphatic rings. The van der Waals surface area contributed by atoms with E-state index < -0.39 is 0 Å². The van der Waals surface area contributed by atoms with Gasteiger partial charge in [0.15, 0.2) is 5.82 Å². The summed E-state index contributed by atoms with van der Waals surface area (Å²) in [5.74, 6) is 0.749. The number of fused-ring (bicyclic) bond motifs is 1. The fourth-order valence-electron chi connectivity index (χ4n) is 2.30. The quantitative estimate of drug-likeness (QED) is 0.717. The molecule has 0 unspecified atom stereocenters. The van der Waals surface area contributed by atoms with Gasteiger partial charge in [-0.3, -0.25) is 0 Å². The molecule has 1 aromatic heterocycles. The number of aryl methyl sites for hydroxylation is 2.